The standard InChI is InChI=1S/C26H26N2O4S/c1-3-31-19-10-11-22-24(15-19)33-26(27-22)28(16-20-9-6-12-32-20)25(29)21-13-17-7-4-5-8-18(17)14-23(21)30-2/h4-5,7-8,10-11,13-15,20H,3,6,9,12,16H2,1-2H3. The summed E-state index contributed by atoms with van der Waals surface area (Å²) in [5, 5.41) is 2.67. The van der Waals surface area contributed by atoms with Gasteiger partial charge in [-0.05, 0) is 60.9 Å². The molecule has 1 fully saturated rings. The lowest BCUT2D eigenvalue weighted by atomic mass is 10.0. The summed E-state index contributed by atoms with van der Waals surface area (Å²) in [6.07, 6.45) is 1.92. The Labute approximate surface area is 196 Å². The third-order valence-corrected chi connectivity index (χ3v) is 6.89. The predicted molar refractivity (Wildman–Crippen MR) is 132 cm³/mol. The Morgan fingerprint density at radius 1 is 1.18 bits per heavy atom. The highest BCUT2D eigenvalue weighted by molar-refractivity contribution is 7.22. The van der Waals surface area contributed by atoms with Crippen molar-refractivity contribution in [2.75, 3.05) is 31.8 Å². The fraction of sp³-hybridized carbons (Fsp3) is 0.308. The van der Waals surface area contributed by atoms with Gasteiger partial charge in [0.2, 0.25) is 0 Å². The molecule has 1 aliphatic heterocycles. The minimum absolute atomic E-state index is 0.00796. The van der Waals surface area contributed by atoms with E-state index in [-0.39, 0.29) is 12.0 Å². The molecule has 7 heteroatoms. The molecular weight excluding hydrogens is 436 g/mol. The largest absolute Gasteiger partial charge is 0.496 e. The summed E-state index contributed by atoms with van der Waals surface area (Å²) in [7, 11) is 1.60. The zero-order chi connectivity index (χ0) is 22.8. The summed E-state index contributed by atoms with van der Waals surface area (Å²) in [4.78, 5) is 20.5. The second-order valence-corrected chi connectivity index (χ2v) is 9.02. The monoisotopic (exact) mass is 462 g/mol. The number of carbonyl (C=O) groups excluding carboxylic acids is 1. The molecule has 3 aromatic carbocycles. The molecule has 1 aromatic heterocycles. The van der Waals surface area contributed by atoms with E-state index in [9.17, 15) is 4.79 Å². The van der Waals surface area contributed by atoms with Crippen LogP contribution in [-0.2, 0) is 4.74 Å². The first-order chi connectivity index (χ1) is 16.2. The first-order valence-electron chi connectivity index (χ1n) is 11.2. The Balaban J connectivity index is 1.57. The SMILES string of the molecule is CCOc1ccc2nc(N(CC3CCCO3)C(=O)c3cc4ccccc4cc3OC)sc2c1. The van der Waals surface area contributed by atoms with Crippen LogP contribution in [0.15, 0.2) is 54.6 Å². The number of anilines is 1. The van der Waals surface area contributed by atoms with Gasteiger partial charge in [0.15, 0.2) is 5.13 Å². The Hall–Kier alpha value is -3.16. The number of amides is 1. The highest BCUT2D eigenvalue weighted by atomic mass is 32.1. The van der Waals surface area contributed by atoms with Gasteiger partial charge in [0, 0.05) is 6.61 Å². The number of ether oxygens (including phenoxy) is 3. The van der Waals surface area contributed by atoms with Gasteiger partial charge < -0.3 is 14.2 Å². The number of thiazole rings is 1. The van der Waals surface area contributed by atoms with E-state index in [4.69, 9.17) is 19.2 Å². The second-order valence-electron chi connectivity index (χ2n) is 8.01. The van der Waals surface area contributed by atoms with Gasteiger partial charge >= 0.3 is 0 Å². The number of carbonyl (C=O) groups is 1. The van der Waals surface area contributed by atoms with E-state index < -0.39 is 0 Å². The Morgan fingerprint density at radius 2 is 2.00 bits per heavy atom. The van der Waals surface area contributed by atoms with Gasteiger partial charge in [-0.2, -0.15) is 0 Å². The summed E-state index contributed by atoms with van der Waals surface area (Å²) < 4.78 is 18.1. The molecular formula is C26H26N2O4S. The molecule has 33 heavy (non-hydrogen) atoms. The highest BCUT2D eigenvalue weighted by Gasteiger charge is 2.29. The van der Waals surface area contributed by atoms with Gasteiger partial charge in [0.1, 0.15) is 11.5 Å². The number of methoxy groups -OCH3 is 1. The normalized spacial score (nSPS) is 15.8. The van der Waals surface area contributed by atoms with E-state index in [0.717, 1.165) is 46.2 Å². The second kappa shape index (κ2) is 9.37. The van der Waals surface area contributed by atoms with Crippen molar-refractivity contribution in [1.82, 2.24) is 4.98 Å². The molecule has 0 N–H and O–H groups in total. The lowest BCUT2D eigenvalue weighted by Gasteiger charge is -2.24. The first-order valence-corrected chi connectivity index (χ1v) is 12.0. The molecule has 1 aliphatic rings. The number of hydrogen-bond donors (Lipinski definition) is 0. The smallest absolute Gasteiger partial charge is 0.263 e. The van der Waals surface area contributed by atoms with E-state index >= 15 is 0 Å². The maximum absolute atomic E-state index is 13.9. The van der Waals surface area contributed by atoms with Crippen LogP contribution in [0.2, 0.25) is 0 Å². The van der Waals surface area contributed by atoms with E-state index in [0.29, 0.717) is 29.6 Å². The summed E-state index contributed by atoms with van der Waals surface area (Å²) in [6, 6.07) is 17.6. The molecule has 0 bridgehead atoms. The molecule has 5 rings (SSSR count). The molecule has 2 heterocycles. The van der Waals surface area contributed by atoms with Gasteiger partial charge in [-0.25, -0.2) is 4.98 Å². The van der Waals surface area contributed by atoms with Crippen LogP contribution >= 0.6 is 11.3 Å². The molecule has 0 saturated carbocycles. The van der Waals surface area contributed by atoms with Crippen LogP contribution in [-0.4, -0.2) is 43.9 Å². The number of benzene rings is 3. The third-order valence-electron chi connectivity index (χ3n) is 5.84. The highest BCUT2D eigenvalue weighted by Crippen LogP contribution is 2.35. The van der Waals surface area contributed by atoms with E-state index in [2.05, 4.69) is 0 Å². The van der Waals surface area contributed by atoms with Crippen LogP contribution in [0.25, 0.3) is 21.0 Å². The van der Waals surface area contributed by atoms with Gasteiger partial charge in [-0.3, -0.25) is 9.69 Å². The zero-order valence-corrected chi connectivity index (χ0v) is 19.6. The van der Waals surface area contributed by atoms with Crippen molar-refractivity contribution in [3.05, 3.63) is 60.2 Å². The van der Waals surface area contributed by atoms with Crippen LogP contribution in [0.3, 0.4) is 0 Å². The van der Waals surface area contributed by atoms with Crippen molar-refractivity contribution in [3.63, 3.8) is 0 Å². The van der Waals surface area contributed by atoms with E-state index in [1.165, 1.54) is 11.3 Å². The van der Waals surface area contributed by atoms with Crippen LogP contribution in [0.1, 0.15) is 30.1 Å². The Morgan fingerprint density at radius 3 is 2.73 bits per heavy atom. The summed E-state index contributed by atoms with van der Waals surface area (Å²) >= 11 is 1.49. The number of fused-ring (bicyclic) bond motifs is 2. The predicted octanol–water partition coefficient (Wildman–Crippen LogP) is 5.68. The molecule has 1 saturated heterocycles. The van der Waals surface area contributed by atoms with Crippen molar-refractivity contribution in [2.45, 2.75) is 25.9 Å². The summed E-state index contributed by atoms with van der Waals surface area (Å²) in [6.45, 7) is 3.74. The average molecular weight is 463 g/mol. The molecule has 0 aliphatic carbocycles. The number of aromatic nitrogens is 1. The lowest BCUT2D eigenvalue weighted by Crippen LogP contribution is -2.37. The van der Waals surface area contributed by atoms with E-state index in [1.807, 2.05) is 61.5 Å². The van der Waals surface area contributed by atoms with Crippen LogP contribution in [0.5, 0.6) is 11.5 Å². The molecule has 1 unspecified atom stereocenters. The summed E-state index contributed by atoms with van der Waals surface area (Å²) in [5.74, 6) is 1.21. The van der Waals surface area contributed by atoms with Gasteiger partial charge in [-0.1, -0.05) is 35.6 Å². The van der Waals surface area contributed by atoms with Gasteiger partial charge in [0.05, 0.1) is 42.1 Å². The minimum atomic E-state index is -0.141. The molecule has 0 spiro atoms. The topological polar surface area (TPSA) is 60.9 Å². The van der Waals surface area contributed by atoms with Gasteiger partial charge in [0.25, 0.3) is 5.91 Å². The van der Waals surface area contributed by atoms with Crippen molar-refractivity contribution >= 4 is 43.4 Å². The third kappa shape index (κ3) is 4.38. The van der Waals surface area contributed by atoms with Crippen LogP contribution in [0.4, 0.5) is 5.13 Å². The Bertz CT molecular complexity index is 1300. The fourth-order valence-corrected chi connectivity index (χ4v) is 5.21. The lowest BCUT2D eigenvalue weighted by molar-refractivity contribution is 0.0915. The van der Waals surface area contributed by atoms with Crippen molar-refractivity contribution in [3.8, 4) is 11.5 Å². The van der Waals surface area contributed by atoms with Crippen molar-refractivity contribution in [2.24, 2.45) is 0 Å². The molecule has 1 atom stereocenters. The maximum Gasteiger partial charge on any atom is 0.263 e. The van der Waals surface area contributed by atoms with Crippen LogP contribution < -0.4 is 14.4 Å². The molecule has 170 valence electrons. The molecule has 0 radical (unpaired) electrons. The molecule has 4 aromatic rings. The Kier molecular flexibility index (Phi) is 6.15. The van der Waals surface area contributed by atoms with Gasteiger partial charge in [-0.15, -0.1) is 0 Å². The van der Waals surface area contributed by atoms with E-state index in [1.54, 1.807) is 12.0 Å². The number of hydrogen-bond acceptors (Lipinski definition) is 6. The zero-order valence-electron chi connectivity index (χ0n) is 18.7. The maximum atomic E-state index is 13.9. The number of nitrogens with zero attached hydrogens (tertiary/aromatic N) is 2. The molecule has 1 amide bonds. The quantitative estimate of drug-likeness (QED) is 0.353. The van der Waals surface area contributed by atoms with Crippen molar-refractivity contribution < 1.29 is 19.0 Å². The average Bonchev–Trinajstić information content (AvgIpc) is 3.51. The van der Waals surface area contributed by atoms with Crippen LogP contribution in [0, 0.1) is 0 Å². The fourth-order valence-electron chi connectivity index (χ4n) is 4.21. The first kappa shape index (κ1) is 21.7. The number of rotatable bonds is 7. The molecule has 6 nitrogen and oxygen atoms in total. The van der Waals surface area contributed by atoms with Crippen molar-refractivity contribution in [1.29, 1.82) is 0 Å². The summed E-state index contributed by atoms with van der Waals surface area (Å²) in [5.41, 5.74) is 1.36. The minimum Gasteiger partial charge on any atom is -0.496 e.